The van der Waals surface area contributed by atoms with Crippen LogP contribution in [-0.2, 0) is 10.1 Å². The van der Waals surface area contributed by atoms with Gasteiger partial charge in [0.15, 0.2) is 5.78 Å². The molecule has 104 valence electrons. The Labute approximate surface area is 121 Å². The Morgan fingerprint density at radius 3 is 2.30 bits per heavy atom. The Morgan fingerprint density at radius 2 is 1.80 bits per heavy atom. The van der Waals surface area contributed by atoms with Crippen LogP contribution in [0.3, 0.4) is 0 Å². The van der Waals surface area contributed by atoms with E-state index in [0.717, 1.165) is 6.20 Å². The molecule has 0 spiro atoms. The number of carbonyl (C=O) groups excluding carboxylic acids is 1. The van der Waals surface area contributed by atoms with Crippen molar-refractivity contribution in [2.45, 2.75) is 11.8 Å². The Hall–Kier alpha value is -1.92. The van der Waals surface area contributed by atoms with Crippen LogP contribution in [0.1, 0.15) is 17.3 Å². The van der Waals surface area contributed by atoms with Crippen LogP contribution in [0.2, 0.25) is 5.15 Å². The molecule has 20 heavy (non-hydrogen) atoms. The van der Waals surface area contributed by atoms with Crippen LogP contribution in [0.15, 0.2) is 47.5 Å². The molecule has 1 aromatic heterocycles. The number of hydrogen-bond donors (Lipinski definition) is 0. The van der Waals surface area contributed by atoms with Gasteiger partial charge in [-0.1, -0.05) is 11.6 Å². The summed E-state index contributed by atoms with van der Waals surface area (Å²) < 4.78 is 28.9. The first-order chi connectivity index (χ1) is 9.38. The van der Waals surface area contributed by atoms with Crippen LogP contribution >= 0.6 is 11.6 Å². The van der Waals surface area contributed by atoms with E-state index in [9.17, 15) is 13.2 Å². The normalized spacial score (nSPS) is 11.1. The second-order valence-electron chi connectivity index (χ2n) is 3.93. The highest BCUT2D eigenvalue weighted by molar-refractivity contribution is 7.87. The summed E-state index contributed by atoms with van der Waals surface area (Å²) in [5, 5.41) is 0.190. The van der Waals surface area contributed by atoms with Crippen molar-refractivity contribution >= 4 is 27.5 Å². The fraction of sp³-hybridized carbons (Fsp3) is 0.0769. The van der Waals surface area contributed by atoms with Gasteiger partial charge in [0.25, 0.3) is 0 Å². The van der Waals surface area contributed by atoms with E-state index >= 15 is 0 Å². The first-order valence-corrected chi connectivity index (χ1v) is 7.34. The number of pyridine rings is 1. The van der Waals surface area contributed by atoms with E-state index in [0.29, 0.717) is 5.56 Å². The van der Waals surface area contributed by atoms with Crippen molar-refractivity contribution in [3.8, 4) is 5.75 Å². The molecule has 0 aliphatic rings. The second-order valence-corrected chi connectivity index (χ2v) is 5.87. The number of rotatable bonds is 4. The number of nitrogens with zero attached hydrogens (tertiary/aromatic N) is 1. The predicted octanol–water partition coefficient (Wildman–Crippen LogP) is 2.71. The third kappa shape index (κ3) is 3.34. The Kier molecular flexibility index (Phi) is 4.06. The van der Waals surface area contributed by atoms with Crippen LogP contribution in [0.25, 0.3) is 0 Å². The number of Topliss-reactive ketones (excluding diaryl/α,β-unsaturated/α-hetero) is 1. The molecule has 0 radical (unpaired) electrons. The summed E-state index contributed by atoms with van der Waals surface area (Å²) in [5.41, 5.74) is 0.475. The smallest absolute Gasteiger partial charge is 0.340 e. The largest absolute Gasteiger partial charge is 0.379 e. The van der Waals surface area contributed by atoms with Gasteiger partial charge in [-0.05, 0) is 43.3 Å². The Bertz CT molecular complexity index is 724. The van der Waals surface area contributed by atoms with E-state index < -0.39 is 10.1 Å². The van der Waals surface area contributed by atoms with Gasteiger partial charge in [0.2, 0.25) is 0 Å². The van der Waals surface area contributed by atoms with Gasteiger partial charge in [-0.15, -0.1) is 0 Å². The topological polar surface area (TPSA) is 73.3 Å². The molecule has 0 saturated heterocycles. The monoisotopic (exact) mass is 311 g/mol. The van der Waals surface area contributed by atoms with Gasteiger partial charge in [0.05, 0.1) is 6.20 Å². The number of hydrogen-bond acceptors (Lipinski definition) is 5. The van der Waals surface area contributed by atoms with Crippen LogP contribution in [0.4, 0.5) is 0 Å². The fourth-order valence-electron chi connectivity index (χ4n) is 1.43. The lowest BCUT2D eigenvalue weighted by Gasteiger charge is -2.07. The number of ketones is 1. The average molecular weight is 312 g/mol. The van der Waals surface area contributed by atoms with E-state index in [1.54, 1.807) is 0 Å². The van der Waals surface area contributed by atoms with E-state index in [1.807, 2.05) is 0 Å². The lowest BCUT2D eigenvalue weighted by molar-refractivity contribution is 0.101. The van der Waals surface area contributed by atoms with Crippen molar-refractivity contribution < 1.29 is 17.4 Å². The molecule has 5 nitrogen and oxygen atoms in total. The minimum Gasteiger partial charge on any atom is -0.379 e. The minimum atomic E-state index is -3.97. The van der Waals surface area contributed by atoms with Gasteiger partial charge >= 0.3 is 10.1 Å². The predicted molar refractivity (Wildman–Crippen MR) is 73.5 cm³/mol. The summed E-state index contributed by atoms with van der Waals surface area (Å²) in [6.07, 6.45) is 1.11. The molecule has 0 aliphatic carbocycles. The molecular formula is C13H10ClNO4S. The number of carbonyl (C=O) groups is 1. The maximum absolute atomic E-state index is 12.0. The van der Waals surface area contributed by atoms with Crippen LogP contribution in [-0.4, -0.2) is 19.2 Å². The van der Waals surface area contributed by atoms with Gasteiger partial charge < -0.3 is 4.18 Å². The van der Waals surface area contributed by atoms with Crippen molar-refractivity contribution in [2.75, 3.05) is 0 Å². The first-order valence-electron chi connectivity index (χ1n) is 5.55. The summed E-state index contributed by atoms with van der Waals surface area (Å²) >= 11 is 5.59. The Balaban J connectivity index is 2.24. The molecule has 0 bridgehead atoms. The molecule has 1 heterocycles. The van der Waals surface area contributed by atoms with Gasteiger partial charge in [0.1, 0.15) is 15.8 Å². The SMILES string of the molecule is CC(=O)c1ccc(OS(=O)(=O)c2ccc(Cl)nc2)cc1. The quantitative estimate of drug-likeness (QED) is 0.493. The maximum Gasteiger partial charge on any atom is 0.340 e. The molecule has 0 amide bonds. The van der Waals surface area contributed by atoms with Crippen LogP contribution < -0.4 is 4.18 Å². The third-order valence-electron chi connectivity index (χ3n) is 2.46. The number of aromatic nitrogens is 1. The van der Waals surface area contributed by atoms with Crippen molar-refractivity contribution in [1.82, 2.24) is 4.98 Å². The molecule has 0 atom stereocenters. The lowest BCUT2D eigenvalue weighted by atomic mass is 10.1. The zero-order chi connectivity index (χ0) is 14.8. The van der Waals surface area contributed by atoms with E-state index in [1.165, 1.54) is 43.3 Å². The molecule has 2 rings (SSSR count). The van der Waals surface area contributed by atoms with Crippen molar-refractivity contribution in [3.63, 3.8) is 0 Å². The second kappa shape index (κ2) is 5.60. The van der Waals surface area contributed by atoms with E-state index in [-0.39, 0.29) is 21.6 Å². The lowest BCUT2D eigenvalue weighted by Crippen LogP contribution is -2.10. The molecule has 0 saturated carbocycles. The zero-order valence-electron chi connectivity index (χ0n) is 10.4. The van der Waals surface area contributed by atoms with Gasteiger partial charge in [-0.2, -0.15) is 8.42 Å². The summed E-state index contributed by atoms with van der Waals surface area (Å²) in [5.74, 6) is 0.00579. The van der Waals surface area contributed by atoms with Gasteiger partial charge in [-0.25, -0.2) is 4.98 Å². The highest BCUT2D eigenvalue weighted by Gasteiger charge is 2.17. The van der Waals surface area contributed by atoms with Crippen LogP contribution in [0, 0.1) is 0 Å². The average Bonchev–Trinajstić information content (AvgIpc) is 2.39. The van der Waals surface area contributed by atoms with Gasteiger partial charge in [-0.3, -0.25) is 4.79 Å². The third-order valence-corrected chi connectivity index (χ3v) is 3.91. The minimum absolute atomic E-state index is 0.0995. The standard InChI is InChI=1S/C13H10ClNO4S/c1-9(16)10-2-4-11(5-3-10)19-20(17,18)12-6-7-13(14)15-8-12/h2-8H,1H3. The zero-order valence-corrected chi connectivity index (χ0v) is 12.0. The van der Waals surface area contributed by atoms with Crippen LogP contribution in [0.5, 0.6) is 5.75 Å². The fourth-order valence-corrected chi connectivity index (χ4v) is 2.42. The molecule has 0 N–H and O–H groups in total. The summed E-state index contributed by atoms with van der Waals surface area (Å²) in [4.78, 5) is 14.7. The molecular weight excluding hydrogens is 302 g/mol. The summed E-state index contributed by atoms with van der Waals surface area (Å²) in [6.45, 7) is 1.42. The maximum atomic E-state index is 12.0. The van der Waals surface area contributed by atoms with E-state index in [2.05, 4.69) is 4.98 Å². The Morgan fingerprint density at radius 1 is 1.15 bits per heavy atom. The highest BCUT2D eigenvalue weighted by Crippen LogP contribution is 2.19. The first kappa shape index (κ1) is 14.5. The molecule has 1 aromatic carbocycles. The molecule has 0 fully saturated rings. The summed E-state index contributed by atoms with van der Waals surface area (Å²) in [7, 11) is -3.97. The molecule has 7 heteroatoms. The van der Waals surface area contributed by atoms with E-state index in [4.69, 9.17) is 15.8 Å². The van der Waals surface area contributed by atoms with Gasteiger partial charge in [0, 0.05) is 5.56 Å². The molecule has 0 aliphatic heterocycles. The number of benzene rings is 1. The van der Waals surface area contributed by atoms with Crippen molar-refractivity contribution in [2.24, 2.45) is 0 Å². The van der Waals surface area contributed by atoms with Crippen molar-refractivity contribution in [3.05, 3.63) is 53.3 Å². The molecule has 2 aromatic rings. The highest BCUT2D eigenvalue weighted by atomic mass is 35.5. The summed E-state index contributed by atoms with van der Waals surface area (Å²) in [6, 6.07) is 8.47. The number of halogens is 1. The van der Waals surface area contributed by atoms with Crippen molar-refractivity contribution in [1.29, 1.82) is 0 Å². The molecule has 0 unspecified atom stereocenters.